The SMILES string of the molecule is CC(C)c1cccc(C(C)C)c1NC(=O)c1cn[nH]c1. The number of carbonyl (C=O) groups is 1. The van der Waals surface area contributed by atoms with E-state index in [4.69, 9.17) is 0 Å². The highest BCUT2D eigenvalue weighted by Crippen LogP contribution is 2.32. The van der Waals surface area contributed by atoms with Crippen LogP contribution in [0.3, 0.4) is 0 Å². The Hall–Kier alpha value is -2.10. The van der Waals surface area contributed by atoms with E-state index in [1.807, 2.05) is 0 Å². The van der Waals surface area contributed by atoms with E-state index < -0.39 is 0 Å². The maximum absolute atomic E-state index is 12.3. The Morgan fingerprint density at radius 2 is 1.75 bits per heavy atom. The van der Waals surface area contributed by atoms with Crippen LogP contribution >= 0.6 is 0 Å². The summed E-state index contributed by atoms with van der Waals surface area (Å²) in [4.78, 5) is 12.3. The van der Waals surface area contributed by atoms with Crippen LogP contribution in [-0.4, -0.2) is 16.1 Å². The molecule has 1 heterocycles. The first-order valence-electron chi connectivity index (χ1n) is 6.93. The number of aromatic amines is 1. The molecule has 0 unspecified atom stereocenters. The van der Waals surface area contributed by atoms with Crippen molar-refractivity contribution in [1.82, 2.24) is 10.2 Å². The van der Waals surface area contributed by atoms with Crippen molar-refractivity contribution in [2.24, 2.45) is 0 Å². The lowest BCUT2D eigenvalue weighted by Gasteiger charge is -2.19. The zero-order chi connectivity index (χ0) is 14.7. The summed E-state index contributed by atoms with van der Waals surface area (Å²) < 4.78 is 0. The molecule has 0 aliphatic carbocycles. The number of para-hydroxylation sites is 1. The number of benzene rings is 1. The maximum Gasteiger partial charge on any atom is 0.258 e. The first-order valence-corrected chi connectivity index (χ1v) is 6.93. The molecule has 106 valence electrons. The number of nitrogens with zero attached hydrogens (tertiary/aromatic N) is 1. The molecule has 4 heteroatoms. The molecule has 0 aliphatic heterocycles. The van der Waals surface area contributed by atoms with Crippen molar-refractivity contribution in [3.05, 3.63) is 47.3 Å². The first kappa shape index (κ1) is 14.3. The summed E-state index contributed by atoms with van der Waals surface area (Å²) in [5.41, 5.74) is 3.79. The fraction of sp³-hybridized carbons (Fsp3) is 0.375. The molecule has 1 aromatic carbocycles. The lowest BCUT2D eigenvalue weighted by atomic mass is 9.92. The Labute approximate surface area is 119 Å². The van der Waals surface area contributed by atoms with Gasteiger partial charge in [0.2, 0.25) is 0 Å². The van der Waals surface area contributed by atoms with Gasteiger partial charge in [0.25, 0.3) is 5.91 Å². The summed E-state index contributed by atoms with van der Waals surface area (Å²) in [5, 5.41) is 9.52. The van der Waals surface area contributed by atoms with E-state index >= 15 is 0 Å². The molecule has 0 saturated carbocycles. The maximum atomic E-state index is 12.3. The van der Waals surface area contributed by atoms with Gasteiger partial charge >= 0.3 is 0 Å². The third kappa shape index (κ3) is 2.90. The molecular formula is C16H21N3O. The van der Waals surface area contributed by atoms with E-state index in [9.17, 15) is 4.79 Å². The summed E-state index contributed by atoms with van der Waals surface area (Å²) in [7, 11) is 0. The van der Waals surface area contributed by atoms with Crippen molar-refractivity contribution in [3.8, 4) is 0 Å². The predicted octanol–water partition coefficient (Wildman–Crippen LogP) is 3.91. The molecule has 20 heavy (non-hydrogen) atoms. The minimum Gasteiger partial charge on any atom is -0.321 e. The summed E-state index contributed by atoms with van der Waals surface area (Å²) >= 11 is 0. The van der Waals surface area contributed by atoms with Gasteiger partial charge in [-0.1, -0.05) is 45.9 Å². The largest absolute Gasteiger partial charge is 0.321 e. The number of amides is 1. The van der Waals surface area contributed by atoms with E-state index in [1.54, 1.807) is 6.20 Å². The molecule has 4 nitrogen and oxygen atoms in total. The molecule has 1 amide bonds. The average molecular weight is 271 g/mol. The van der Waals surface area contributed by atoms with Gasteiger partial charge < -0.3 is 5.32 Å². The summed E-state index contributed by atoms with van der Waals surface area (Å²) in [6, 6.07) is 6.20. The highest BCUT2D eigenvalue weighted by Gasteiger charge is 2.16. The van der Waals surface area contributed by atoms with Crippen LogP contribution in [0.5, 0.6) is 0 Å². The van der Waals surface area contributed by atoms with Crippen molar-refractivity contribution >= 4 is 11.6 Å². The number of carbonyl (C=O) groups excluding carboxylic acids is 1. The molecule has 2 rings (SSSR count). The quantitative estimate of drug-likeness (QED) is 0.885. The van der Waals surface area contributed by atoms with Gasteiger partial charge in [-0.05, 0) is 23.0 Å². The number of hydrogen-bond acceptors (Lipinski definition) is 2. The van der Waals surface area contributed by atoms with Crippen molar-refractivity contribution < 1.29 is 4.79 Å². The summed E-state index contributed by atoms with van der Waals surface area (Å²) in [6.07, 6.45) is 3.13. The van der Waals surface area contributed by atoms with E-state index in [2.05, 4.69) is 61.4 Å². The van der Waals surface area contributed by atoms with Crippen LogP contribution in [-0.2, 0) is 0 Å². The normalized spacial score (nSPS) is 11.1. The molecule has 0 radical (unpaired) electrons. The Morgan fingerprint density at radius 1 is 1.15 bits per heavy atom. The first-order chi connectivity index (χ1) is 9.50. The third-order valence-electron chi connectivity index (χ3n) is 3.37. The number of aromatic nitrogens is 2. The monoisotopic (exact) mass is 271 g/mol. The van der Waals surface area contributed by atoms with Crippen molar-refractivity contribution in [1.29, 1.82) is 0 Å². The summed E-state index contributed by atoms with van der Waals surface area (Å²) in [6.45, 7) is 8.53. The average Bonchev–Trinajstić information content (AvgIpc) is 2.92. The second-order valence-electron chi connectivity index (χ2n) is 5.56. The highest BCUT2D eigenvalue weighted by molar-refractivity contribution is 6.04. The zero-order valence-electron chi connectivity index (χ0n) is 12.4. The Kier molecular flexibility index (Phi) is 4.23. The summed E-state index contributed by atoms with van der Waals surface area (Å²) in [5.74, 6) is 0.579. The molecule has 0 spiro atoms. The Morgan fingerprint density at radius 3 is 2.20 bits per heavy atom. The van der Waals surface area contributed by atoms with Crippen LogP contribution in [0, 0.1) is 0 Å². The smallest absolute Gasteiger partial charge is 0.258 e. The van der Waals surface area contributed by atoms with E-state index in [-0.39, 0.29) is 5.91 Å². The fourth-order valence-electron chi connectivity index (χ4n) is 2.26. The molecule has 2 N–H and O–H groups in total. The van der Waals surface area contributed by atoms with Crippen LogP contribution in [0.4, 0.5) is 5.69 Å². The molecule has 0 fully saturated rings. The van der Waals surface area contributed by atoms with Gasteiger partial charge in [-0.2, -0.15) is 5.10 Å². The van der Waals surface area contributed by atoms with Gasteiger partial charge in [-0.15, -0.1) is 0 Å². The van der Waals surface area contributed by atoms with Crippen molar-refractivity contribution in [2.45, 2.75) is 39.5 Å². The number of hydrogen-bond donors (Lipinski definition) is 2. The minimum absolute atomic E-state index is 0.131. The number of H-pyrrole nitrogens is 1. The van der Waals surface area contributed by atoms with Crippen LogP contribution in [0.1, 0.15) is 61.0 Å². The fourth-order valence-corrected chi connectivity index (χ4v) is 2.26. The van der Waals surface area contributed by atoms with Crippen LogP contribution in [0.15, 0.2) is 30.6 Å². The molecule has 2 aromatic rings. The van der Waals surface area contributed by atoms with E-state index in [1.165, 1.54) is 6.20 Å². The van der Waals surface area contributed by atoms with Crippen LogP contribution < -0.4 is 5.32 Å². The number of anilines is 1. The second kappa shape index (κ2) is 5.90. The van der Waals surface area contributed by atoms with Gasteiger partial charge in [-0.3, -0.25) is 9.89 Å². The van der Waals surface area contributed by atoms with Crippen LogP contribution in [0.25, 0.3) is 0 Å². The topological polar surface area (TPSA) is 57.8 Å². The third-order valence-corrected chi connectivity index (χ3v) is 3.37. The van der Waals surface area contributed by atoms with Gasteiger partial charge in [0, 0.05) is 11.9 Å². The Balaban J connectivity index is 2.40. The Bertz CT molecular complexity index is 560. The van der Waals surface area contributed by atoms with Gasteiger partial charge in [0.05, 0.1) is 11.8 Å². The molecule has 1 aromatic heterocycles. The lowest BCUT2D eigenvalue weighted by Crippen LogP contribution is -2.15. The standard InChI is InChI=1S/C16H21N3O/c1-10(2)13-6-5-7-14(11(3)4)15(13)19-16(20)12-8-17-18-9-12/h5-11H,1-4H3,(H,17,18)(H,19,20). The molecule has 0 bridgehead atoms. The minimum atomic E-state index is -0.131. The number of rotatable bonds is 4. The molecular weight excluding hydrogens is 250 g/mol. The van der Waals surface area contributed by atoms with Crippen molar-refractivity contribution in [3.63, 3.8) is 0 Å². The molecule has 0 saturated heterocycles. The lowest BCUT2D eigenvalue weighted by molar-refractivity contribution is 0.102. The van der Waals surface area contributed by atoms with Gasteiger partial charge in [-0.25, -0.2) is 0 Å². The second-order valence-corrected chi connectivity index (χ2v) is 5.56. The van der Waals surface area contributed by atoms with Crippen LogP contribution in [0.2, 0.25) is 0 Å². The van der Waals surface area contributed by atoms with E-state index in [0.29, 0.717) is 17.4 Å². The number of nitrogens with one attached hydrogen (secondary N) is 2. The van der Waals surface area contributed by atoms with Crippen molar-refractivity contribution in [2.75, 3.05) is 5.32 Å². The molecule has 0 aliphatic rings. The zero-order valence-corrected chi connectivity index (χ0v) is 12.4. The highest BCUT2D eigenvalue weighted by atomic mass is 16.1. The molecule has 0 atom stereocenters. The van der Waals surface area contributed by atoms with Gasteiger partial charge in [0.15, 0.2) is 0 Å². The predicted molar refractivity (Wildman–Crippen MR) is 81.2 cm³/mol. The van der Waals surface area contributed by atoms with Gasteiger partial charge in [0.1, 0.15) is 0 Å². The van der Waals surface area contributed by atoms with E-state index in [0.717, 1.165) is 16.8 Å².